The standard InChI is InChI=1S/C12H19N3O/c1-9-7-14-11(6-10(9)13)15-8-12(2-3-12)4-5-16/h6-7,16H,2-5,8H2,1H3,(H3,13,14,15). The summed E-state index contributed by atoms with van der Waals surface area (Å²) < 4.78 is 0. The molecule has 16 heavy (non-hydrogen) atoms. The van der Waals surface area contributed by atoms with Gasteiger partial charge in [0.25, 0.3) is 0 Å². The molecular formula is C12H19N3O. The Balaban J connectivity index is 1.92. The Morgan fingerprint density at radius 2 is 2.31 bits per heavy atom. The van der Waals surface area contributed by atoms with E-state index in [0.717, 1.165) is 30.0 Å². The number of nitrogens with two attached hydrogens (primary N) is 1. The van der Waals surface area contributed by atoms with E-state index in [0.29, 0.717) is 5.41 Å². The molecule has 4 heteroatoms. The normalized spacial score (nSPS) is 17.1. The molecule has 1 fully saturated rings. The van der Waals surface area contributed by atoms with Crippen LogP contribution in [0.25, 0.3) is 0 Å². The van der Waals surface area contributed by atoms with Crippen LogP contribution in [0.15, 0.2) is 12.3 Å². The van der Waals surface area contributed by atoms with Crippen molar-refractivity contribution in [1.82, 2.24) is 4.98 Å². The van der Waals surface area contributed by atoms with Gasteiger partial charge in [-0.3, -0.25) is 0 Å². The summed E-state index contributed by atoms with van der Waals surface area (Å²) in [6.45, 7) is 3.09. The molecule has 0 radical (unpaired) electrons. The van der Waals surface area contributed by atoms with E-state index in [1.807, 2.05) is 13.0 Å². The first kappa shape index (κ1) is 11.2. The van der Waals surface area contributed by atoms with Crippen LogP contribution < -0.4 is 11.1 Å². The Hall–Kier alpha value is -1.29. The lowest BCUT2D eigenvalue weighted by molar-refractivity contribution is 0.253. The number of hydrogen-bond acceptors (Lipinski definition) is 4. The first-order valence-electron chi connectivity index (χ1n) is 5.72. The number of aryl methyl sites for hydroxylation is 1. The molecule has 1 aliphatic rings. The minimum atomic E-state index is 0.269. The molecule has 0 atom stereocenters. The summed E-state index contributed by atoms with van der Waals surface area (Å²) in [5.74, 6) is 0.826. The van der Waals surface area contributed by atoms with Crippen LogP contribution in [0.5, 0.6) is 0 Å². The highest BCUT2D eigenvalue weighted by molar-refractivity contribution is 5.53. The van der Waals surface area contributed by atoms with Crippen LogP contribution in [-0.2, 0) is 0 Å². The van der Waals surface area contributed by atoms with Gasteiger partial charge in [0.2, 0.25) is 0 Å². The third-order valence-electron chi connectivity index (χ3n) is 3.39. The second-order valence-corrected chi connectivity index (χ2v) is 4.75. The number of nitrogens with zero attached hydrogens (tertiary/aromatic N) is 1. The molecule has 1 aromatic heterocycles. The van der Waals surface area contributed by atoms with Gasteiger partial charge >= 0.3 is 0 Å². The van der Waals surface area contributed by atoms with Gasteiger partial charge < -0.3 is 16.2 Å². The Labute approximate surface area is 95.9 Å². The van der Waals surface area contributed by atoms with Crippen LogP contribution >= 0.6 is 0 Å². The summed E-state index contributed by atoms with van der Waals surface area (Å²) in [5, 5.41) is 12.3. The molecular weight excluding hydrogens is 202 g/mol. The summed E-state index contributed by atoms with van der Waals surface area (Å²) >= 11 is 0. The maximum atomic E-state index is 8.96. The third kappa shape index (κ3) is 2.44. The van der Waals surface area contributed by atoms with Crippen molar-refractivity contribution in [1.29, 1.82) is 0 Å². The number of aliphatic hydroxyl groups is 1. The minimum absolute atomic E-state index is 0.269. The maximum Gasteiger partial charge on any atom is 0.127 e. The van der Waals surface area contributed by atoms with Crippen molar-refractivity contribution in [2.75, 3.05) is 24.2 Å². The Bertz CT molecular complexity index is 375. The molecule has 4 nitrogen and oxygen atoms in total. The molecule has 0 spiro atoms. The molecule has 1 heterocycles. The van der Waals surface area contributed by atoms with Crippen LogP contribution in [-0.4, -0.2) is 23.2 Å². The SMILES string of the molecule is Cc1cnc(NCC2(CCO)CC2)cc1N. The van der Waals surface area contributed by atoms with Crippen LogP contribution in [0.2, 0.25) is 0 Å². The van der Waals surface area contributed by atoms with E-state index in [9.17, 15) is 0 Å². The average Bonchev–Trinajstić information content (AvgIpc) is 3.01. The fourth-order valence-corrected chi connectivity index (χ4v) is 1.84. The summed E-state index contributed by atoms with van der Waals surface area (Å²) in [4.78, 5) is 4.28. The van der Waals surface area contributed by atoms with Crippen molar-refractivity contribution in [2.45, 2.75) is 26.2 Å². The van der Waals surface area contributed by atoms with Gasteiger partial charge in [-0.05, 0) is 37.2 Å². The predicted molar refractivity (Wildman–Crippen MR) is 65.2 cm³/mol. The van der Waals surface area contributed by atoms with Crippen LogP contribution in [0.4, 0.5) is 11.5 Å². The molecule has 0 aromatic carbocycles. The van der Waals surface area contributed by atoms with E-state index in [1.165, 1.54) is 12.8 Å². The molecule has 0 aliphatic heterocycles. The maximum absolute atomic E-state index is 8.96. The number of aliphatic hydroxyl groups excluding tert-OH is 1. The number of anilines is 2. The third-order valence-corrected chi connectivity index (χ3v) is 3.39. The monoisotopic (exact) mass is 221 g/mol. The number of aromatic nitrogens is 1. The Kier molecular flexibility index (Phi) is 3.01. The minimum Gasteiger partial charge on any atom is -0.398 e. The van der Waals surface area contributed by atoms with Gasteiger partial charge in [-0.1, -0.05) is 0 Å². The Morgan fingerprint density at radius 3 is 2.88 bits per heavy atom. The van der Waals surface area contributed by atoms with E-state index in [2.05, 4.69) is 10.3 Å². The van der Waals surface area contributed by atoms with E-state index in [-0.39, 0.29) is 6.61 Å². The van der Waals surface area contributed by atoms with E-state index < -0.39 is 0 Å². The van der Waals surface area contributed by atoms with Crippen molar-refractivity contribution in [3.05, 3.63) is 17.8 Å². The summed E-state index contributed by atoms with van der Waals surface area (Å²) in [5.41, 5.74) is 7.89. The zero-order valence-corrected chi connectivity index (χ0v) is 9.66. The molecule has 0 amide bonds. The molecule has 88 valence electrons. The van der Waals surface area contributed by atoms with Gasteiger partial charge in [0.15, 0.2) is 0 Å². The van der Waals surface area contributed by atoms with Crippen LogP contribution in [0, 0.1) is 12.3 Å². The summed E-state index contributed by atoms with van der Waals surface area (Å²) in [6.07, 6.45) is 5.05. The quantitative estimate of drug-likeness (QED) is 0.705. The molecule has 1 aliphatic carbocycles. The van der Waals surface area contributed by atoms with Crippen LogP contribution in [0.1, 0.15) is 24.8 Å². The molecule has 1 aromatic rings. The molecule has 1 saturated carbocycles. The van der Waals surface area contributed by atoms with Gasteiger partial charge in [0, 0.05) is 31.1 Å². The topological polar surface area (TPSA) is 71.2 Å². The molecule has 0 saturated heterocycles. The first-order chi connectivity index (χ1) is 7.65. The second kappa shape index (κ2) is 4.29. The fourth-order valence-electron chi connectivity index (χ4n) is 1.84. The highest BCUT2D eigenvalue weighted by Crippen LogP contribution is 2.48. The number of nitrogens with one attached hydrogen (secondary N) is 1. The van der Waals surface area contributed by atoms with Gasteiger partial charge in [-0.2, -0.15) is 0 Å². The largest absolute Gasteiger partial charge is 0.398 e. The van der Waals surface area contributed by atoms with Crippen LogP contribution in [0.3, 0.4) is 0 Å². The number of nitrogen functional groups attached to an aromatic ring is 1. The smallest absolute Gasteiger partial charge is 0.127 e. The lowest BCUT2D eigenvalue weighted by Crippen LogP contribution is -2.17. The lowest BCUT2D eigenvalue weighted by Gasteiger charge is -2.15. The average molecular weight is 221 g/mol. The number of pyridine rings is 1. The fraction of sp³-hybridized carbons (Fsp3) is 0.583. The zero-order chi connectivity index (χ0) is 11.6. The first-order valence-corrected chi connectivity index (χ1v) is 5.72. The molecule has 0 bridgehead atoms. The van der Waals surface area contributed by atoms with Crippen molar-refractivity contribution in [3.63, 3.8) is 0 Å². The van der Waals surface area contributed by atoms with Gasteiger partial charge in [-0.15, -0.1) is 0 Å². The summed E-state index contributed by atoms with van der Waals surface area (Å²) in [6, 6.07) is 1.87. The Morgan fingerprint density at radius 1 is 1.56 bits per heavy atom. The van der Waals surface area contributed by atoms with Gasteiger partial charge in [0.1, 0.15) is 5.82 Å². The van der Waals surface area contributed by atoms with E-state index >= 15 is 0 Å². The van der Waals surface area contributed by atoms with Crippen molar-refractivity contribution < 1.29 is 5.11 Å². The van der Waals surface area contributed by atoms with E-state index in [1.54, 1.807) is 6.20 Å². The lowest BCUT2D eigenvalue weighted by atomic mass is 10.0. The molecule has 2 rings (SSSR count). The van der Waals surface area contributed by atoms with Gasteiger partial charge in [-0.25, -0.2) is 4.98 Å². The number of hydrogen-bond donors (Lipinski definition) is 3. The van der Waals surface area contributed by atoms with Crippen molar-refractivity contribution in [2.24, 2.45) is 5.41 Å². The highest BCUT2D eigenvalue weighted by Gasteiger charge is 2.41. The molecule has 0 unspecified atom stereocenters. The number of rotatable bonds is 5. The predicted octanol–water partition coefficient (Wildman–Crippen LogP) is 1.55. The van der Waals surface area contributed by atoms with Crippen molar-refractivity contribution in [3.8, 4) is 0 Å². The van der Waals surface area contributed by atoms with Gasteiger partial charge in [0.05, 0.1) is 0 Å². The second-order valence-electron chi connectivity index (χ2n) is 4.75. The highest BCUT2D eigenvalue weighted by atomic mass is 16.3. The molecule has 4 N–H and O–H groups in total. The zero-order valence-electron chi connectivity index (χ0n) is 9.66. The van der Waals surface area contributed by atoms with Crippen molar-refractivity contribution >= 4 is 11.5 Å². The van der Waals surface area contributed by atoms with E-state index in [4.69, 9.17) is 10.8 Å². The summed E-state index contributed by atoms with van der Waals surface area (Å²) in [7, 11) is 0.